The molecule has 0 aliphatic carbocycles. The van der Waals surface area contributed by atoms with Gasteiger partial charge in [-0.15, -0.1) is 11.3 Å². The molecule has 0 N–H and O–H groups in total. The molecule has 0 atom stereocenters. The maximum Gasteiger partial charge on any atom is 0.163 e. The van der Waals surface area contributed by atoms with Crippen LogP contribution in [0.25, 0.3) is 0 Å². The smallest absolute Gasteiger partial charge is 0.163 e. The summed E-state index contributed by atoms with van der Waals surface area (Å²) in [4.78, 5) is 12.6. The predicted molar refractivity (Wildman–Crippen MR) is 52.9 cm³/mol. The van der Waals surface area contributed by atoms with Crippen molar-refractivity contribution in [3.8, 4) is 0 Å². The number of thiophene rings is 1. The number of ketones is 1. The molecule has 1 rings (SSSR count). The summed E-state index contributed by atoms with van der Waals surface area (Å²) in [6.45, 7) is 4.11. The van der Waals surface area contributed by atoms with Crippen molar-refractivity contribution < 1.29 is 4.79 Å². The predicted octanol–water partition coefficient (Wildman–Crippen LogP) is 3.43. The summed E-state index contributed by atoms with van der Waals surface area (Å²) in [5, 5.41) is 1.98. The number of unbranched alkanes of at least 4 members (excludes halogenated alkanes) is 1. The van der Waals surface area contributed by atoms with E-state index in [1.807, 2.05) is 18.4 Å². The first-order valence-electron chi connectivity index (χ1n) is 4.33. The molecule has 0 saturated heterocycles. The number of Topliss-reactive ketones (excluding diaryl/α,β-unsaturated/α-hetero) is 1. The number of carbonyl (C=O) groups is 1. The van der Waals surface area contributed by atoms with Gasteiger partial charge in [-0.25, -0.2) is 0 Å². The van der Waals surface area contributed by atoms with E-state index in [4.69, 9.17) is 0 Å². The van der Waals surface area contributed by atoms with E-state index in [0.717, 1.165) is 23.3 Å². The van der Waals surface area contributed by atoms with Crippen LogP contribution >= 0.6 is 11.3 Å². The number of aryl methyl sites for hydroxylation is 1. The van der Waals surface area contributed by atoms with E-state index in [1.54, 1.807) is 11.3 Å². The zero-order valence-electron chi connectivity index (χ0n) is 7.59. The van der Waals surface area contributed by atoms with Gasteiger partial charge in [0, 0.05) is 16.9 Å². The van der Waals surface area contributed by atoms with Crippen LogP contribution in [0.2, 0.25) is 0 Å². The average Bonchev–Trinajstić information content (AvgIpc) is 2.47. The van der Waals surface area contributed by atoms with Crippen LogP contribution in [-0.4, -0.2) is 5.78 Å². The first kappa shape index (κ1) is 9.46. The fraction of sp³-hybridized carbons (Fsp3) is 0.500. The summed E-state index contributed by atoms with van der Waals surface area (Å²) >= 11 is 1.65. The lowest BCUT2D eigenvalue weighted by Gasteiger charge is -1.97. The molecule has 12 heavy (non-hydrogen) atoms. The zero-order valence-corrected chi connectivity index (χ0v) is 8.41. The Morgan fingerprint density at radius 3 is 2.83 bits per heavy atom. The van der Waals surface area contributed by atoms with Gasteiger partial charge < -0.3 is 0 Å². The monoisotopic (exact) mass is 182 g/mol. The van der Waals surface area contributed by atoms with Crippen LogP contribution in [0.5, 0.6) is 0 Å². The molecule has 0 unspecified atom stereocenters. The van der Waals surface area contributed by atoms with Crippen molar-refractivity contribution in [2.45, 2.75) is 33.1 Å². The van der Waals surface area contributed by atoms with Crippen LogP contribution in [0.15, 0.2) is 11.4 Å². The molecule has 0 bridgehead atoms. The Balaban J connectivity index is 2.59. The van der Waals surface area contributed by atoms with Crippen molar-refractivity contribution in [3.63, 3.8) is 0 Å². The third-order valence-corrected chi connectivity index (χ3v) is 2.76. The first-order chi connectivity index (χ1) is 5.75. The van der Waals surface area contributed by atoms with Crippen LogP contribution in [0.4, 0.5) is 0 Å². The normalized spacial score (nSPS) is 10.2. The van der Waals surface area contributed by atoms with Crippen molar-refractivity contribution in [1.29, 1.82) is 0 Å². The quantitative estimate of drug-likeness (QED) is 0.652. The van der Waals surface area contributed by atoms with E-state index in [9.17, 15) is 4.79 Å². The minimum absolute atomic E-state index is 0.301. The fourth-order valence-electron chi connectivity index (χ4n) is 1.15. The topological polar surface area (TPSA) is 17.1 Å². The third-order valence-electron chi connectivity index (χ3n) is 1.92. The Hall–Kier alpha value is -0.630. The van der Waals surface area contributed by atoms with E-state index >= 15 is 0 Å². The van der Waals surface area contributed by atoms with Gasteiger partial charge in [0.2, 0.25) is 0 Å². The third kappa shape index (κ3) is 2.18. The lowest BCUT2D eigenvalue weighted by Crippen LogP contribution is -1.97. The Kier molecular flexibility index (Phi) is 3.48. The Labute approximate surface area is 77.4 Å². The summed E-state index contributed by atoms with van der Waals surface area (Å²) < 4.78 is 0. The van der Waals surface area contributed by atoms with Gasteiger partial charge in [-0.05, 0) is 24.8 Å². The second kappa shape index (κ2) is 4.41. The largest absolute Gasteiger partial charge is 0.294 e. The van der Waals surface area contributed by atoms with Crippen molar-refractivity contribution in [1.82, 2.24) is 0 Å². The molecule has 0 aromatic carbocycles. The summed E-state index contributed by atoms with van der Waals surface area (Å²) in [6.07, 6.45) is 2.80. The molecule has 2 heteroatoms. The van der Waals surface area contributed by atoms with Crippen LogP contribution in [0, 0.1) is 6.92 Å². The second-order valence-electron chi connectivity index (χ2n) is 2.92. The molecule has 66 valence electrons. The highest BCUT2D eigenvalue weighted by atomic mass is 32.1. The van der Waals surface area contributed by atoms with Crippen LogP contribution in [0.3, 0.4) is 0 Å². The Bertz CT molecular complexity index is 263. The number of rotatable bonds is 4. The molecule has 0 aliphatic rings. The van der Waals surface area contributed by atoms with Gasteiger partial charge in [0.05, 0.1) is 0 Å². The molecule has 0 radical (unpaired) electrons. The standard InChI is InChI=1S/C10H14OS/c1-3-4-5-10(11)9-6-7-12-8(9)2/h6-7H,3-5H2,1-2H3. The summed E-state index contributed by atoms with van der Waals surface area (Å²) in [6, 6.07) is 1.93. The lowest BCUT2D eigenvalue weighted by molar-refractivity contribution is 0.0979. The van der Waals surface area contributed by atoms with E-state index < -0.39 is 0 Å². The molecular formula is C10H14OS. The molecule has 0 aliphatic heterocycles. The van der Waals surface area contributed by atoms with Gasteiger partial charge in [-0.1, -0.05) is 13.3 Å². The summed E-state index contributed by atoms with van der Waals surface area (Å²) in [5.74, 6) is 0.301. The maximum atomic E-state index is 11.5. The minimum atomic E-state index is 0.301. The zero-order chi connectivity index (χ0) is 8.97. The fourth-order valence-corrected chi connectivity index (χ4v) is 1.86. The van der Waals surface area contributed by atoms with Crippen LogP contribution in [-0.2, 0) is 0 Å². The van der Waals surface area contributed by atoms with Gasteiger partial charge in [0.15, 0.2) is 5.78 Å². The molecule has 0 spiro atoms. The van der Waals surface area contributed by atoms with Gasteiger partial charge in [-0.2, -0.15) is 0 Å². The summed E-state index contributed by atoms with van der Waals surface area (Å²) in [5.41, 5.74) is 0.924. The maximum absolute atomic E-state index is 11.5. The van der Waals surface area contributed by atoms with Crippen molar-refractivity contribution in [2.75, 3.05) is 0 Å². The average molecular weight is 182 g/mol. The van der Waals surface area contributed by atoms with Crippen LogP contribution < -0.4 is 0 Å². The number of hydrogen-bond acceptors (Lipinski definition) is 2. The first-order valence-corrected chi connectivity index (χ1v) is 5.21. The SMILES string of the molecule is CCCCC(=O)c1ccsc1C. The Morgan fingerprint density at radius 1 is 1.58 bits per heavy atom. The second-order valence-corrected chi connectivity index (χ2v) is 4.04. The molecule has 1 nitrogen and oxygen atoms in total. The molecular weight excluding hydrogens is 168 g/mol. The minimum Gasteiger partial charge on any atom is -0.294 e. The van der Waals surface area contributed by atoms with Gasteiger partial charge in [0.25, 0.3) is 0 Å². The van der Waals surface area contributed by atoms with Crippen LogP contribution in [0.1, 0.15) is 41.4 Å². The van der Waals surface area contributed by atoms with Gasteiger partial charge in [-0.3, -0.25) is 4.79 Å². The molecule has 1 aromatic rings. The van der Waals surface area contributed by atoms with E-state index in [0.29, 0.717) is 12.2 Å². The number of hydrogen-bond donors (Lipinski definition) is 0. The van der Waals surface area contributed by atoms with E-state index in [-0.39, 0.29) is 0 Å². The molecule has 1 heterocycles. The van der Waals surface area contributed by atoms with Gasteiger partial charge >= 0.3 is 0 Å². The van der Waals surface area contributed by atoms with Crippen molar-refractivity contribution in [2.24, 2.45) is 0 Å². The Morgan fingerprint density at radius 2 is 2.33 bits per heavy atom. The summed E-state index contributed by atoms with van der Waals surface area (Å²) in [7, 11) is 0. The molecule has 0 amide bonds. The molecule has 0 saturated carbocycles. The van der Waals surface area contributed by atoms with Gasteiger partial charge in [0.1, 0.15) is 0 Å². The lowest BCUT2D eigenvalue weighted by atomic mass is 10.1. The number of carbonyl (C=O) groups excluding carboxylic acids is 1. The molecule has 0 fully saturated rings. The van der Waals surface area contributed by atoms with Crippen molar-refractivity contribution >= 4 is 17.1 Å². The van der Waals surface area contributed by atoms with E-state index in [1.165, 1.54) is 0 Å². The van der Waals surface area contributed by atoms with Crippen molar-refractivity contribution in [3.05, 3.63) is 21.9 Å². The molecule has 1 aromatic heterocycles. The highest BCUT2D eigenvalue weighted by Crippen LogP contribution is 2.17. The highest BCUT2D eigenvalue weighted by molar-refractivity contribution is 7.10. The van der Waals surface area contributed by atoms with E-state index in [2.05, 4.69) is 6.92 Å². The highest BCUT2D eigenvalue weighted by Gasteiger charge is 2.08.